The quantitative estimate of drug-likeness (QED) is 0.839. The lowest BCUT2D eigenvalue weighted by atomic mass is 9.95. The molecular formula is C13H23F3N2O. The van der Waals surface area contributed by atoms with Crippen LogP contribution in [0.2, 0.25) is 0 Å². The van der Waals surface area contributed by atoms with E-state index >= 15 is 0 Å². The molecule has 0 aromatic heterocycles. The number of nitrogens with zero attached hydrogens (tertiary/aromatic N) is 1. The highest BCUT2D eigenvalue weighted by molar-refractivity contribution is 5.79. The van der Waals surface area contributed by atoms with Crippen molar-refractivity contribution in [2.75, 3.05) is 19.6 Å². The number of carbonyl (C=O) groups is 1. The minimum absolute atomic E-state index is 0.260. The van der Waals surface area contributed by atoms with Crippen LogP contribution in [-0.4, -0.2) is 42.7 Å². The lowest BCUT2D eigenvalue weighted by molar-refractivity contribution is -0.169. The van der Waals surface area contributed by atoms with Crippen LogP contribution in [-0.2, 0) is 4.79 Å². The summed E-state index contributed by atoms with van der Waals surface area (Å²) in [4.78, 5) is 13.4. The summed E-state index contributed by atoms with van der Waals surface area (Å²) in [5.41, 5.74) is 0. The van der Waals surface area contributed by atoms with Gasteiger partial charge in [0, 0.05) is 12.0 Å². The number of piperidine rings is 1. The van der Waals surface area contributed by atoms with Crippen molar-refractivity contribution in [1.29, 1.82) is 0 Å². The third-order valence-corrected chi connectivity index (χ3v) is 3.70. The zero-order chi connectivity index (χ0) is 14.5. The number of alkyl halides is 3. The maximum absolute atomic E-state index is 12.7. The Morgan fingerprint density at radius 3 is 2.21 bits per heavy atom. The van der Waals surface area contributed by atoms with Gasteiger partial charge in [0.15, 0.2) is 0 Å². The molecule has 0 atom stereocenters. The van der Waals surface area contributed by atoms with Crippen molar-refractivity contribution in [3.63, 3.8) is 0 Å². The molecule has 1 fully saturated rings. The molecule has 1 amide bonds. The van der Waals surface area contributed by atoms with Gasteiger partial charge in [-0.25, -0.2) is 0 Å². The molecule has 1 aliphatic rings. The van der Waals surface area contributed by atoms with Crippen LogP contribution < -0.4 is 5.32 Å². The predicted octanol–water partition coefficient (Wildman–Crippen LogP) is 2.57. The highest BCUT2D eigenvalue weighted by atomic mass is 19.4. The Hall–Kier alpha value is -0.780. The van der Waals surface area contributed by atoms with E-state index in [4.69, 9.17) is 0 Å². The van der Waals surface area contributed by atoms with Crippen molar-refractivity contribution in [3.05, 3.63) is 0 Å². The van der Waals surface area contributed by atoms with E-state index < -0.39 is 12.7 Å². The first-order valence-corrected chi connectivity index (χ1v) is 6.97. The lowest BCUT2D eigenvalue weighted by Gasteiger charge is -2.35. The Morgan fingerprint density at radius 2 is 1.79 bits per heavy atom. The number of rotatable bonds is 5. The van der Waals surface area contributed by atoms with Gasteiger partial charge in [0.25, 0.3) is 0 Å². The second kappa shape index (κ2) is 7.12. The van der Waals surface area contributed by atoms with Gasteiger partial charge in [-0.15, -0.1) is 0 Å². The van der Waals surface area contributed by atoms with Gasteiger partial charge in [-0.2, -0.15) is 13.2 Å². The van der Waals surface area contributed by atoms with Gasteiger partial charge in [-0.1, -0.05) is 13.8 Å². The van der Waals surface area contributed by atoms with E-state index in [2.05, 4.69) is 5.32 Å². The smallest absolute Gasteiger partial charge is 0.330 e. The minimum Gasteiger partial charge on any atom is -0.330 e. The summed E-state index contributed by atoms with van der Waals surface area (Å²) in [6, 6.07) is -0.316. The molecule has 0 aromatic carbocycles. The molecule has 3 nitrogen and oxygen atoms in total. The molecular weight excluding hydrogens is 257 g/mol. The van der Waals surface area contributed by atoms with Crippen LogP contribution in [0.15, 0.2) is 0 Å². The summed E-state index contributed by atoms with van der Waals surface area (Å²) in [6.45, 7) is 3.95. The molecule has 0 unspecified atom stereocenters. The van der Waals surface area contributed by atoms with Gasteiger partial charge in [-0.05, 0) is 38.8 Å². The first-order valence-electron chi connectivity index (χ1n) is 6.97. The van der Waals surface area contributed by atoms with Crippen molar-refractivity contribution in [1.82, 2.24) is 10.2 Å². The number of hydrogen-bond acceptors (Lipinski definition) is 2. The number of hydrogen-bond donors (Lipinski definition) is 1. The molecule has 1 heterocycles. The highest BCUT2D eigenvalue weighted by Gasteiger charge is 2.38. The van der Waals surface area contributed by atoms with Gasteiger partial charge < -0.3 is 10.2 Å². The molecule has 1 N–H and O–H groups in total. The minimum atomic E-state index is -4.33. The fourth-order valence-electron chi connectivity index (χ4n) is 2.61. The van der Waals surface area contributed by atoms with Gasteiger partial charge in [0.05, 0.1) is 0 Å². The molecule has 1 aliphatic heterocycles. The van der Waals surface area contributed by atoms with Crippen molar-refractivity contribution in [2.24, 2.45) is 5.92 Å². The van der Waals surface area contributed by atoms with Crippen molar-refractivity contribution >= 4 is 5.91 Å². The van der Waals surface area contributed by atoms with Crippen molar-refractivity contribution in [2.45, 2.75) is 51.7 Å². The number of nitrogens with one attached hydrogen (secondary N) is 1. The van der Waals surface area contributed by atoms with Crippen LogP contribution in [0.3, 0.4) is 0 Å². The van der Waals surface area contributed by atoms with Gasteiger partial charge in [0.1, 0.15) is 6.54 Å². The maximum Gasteiger partial charge on any atom is 0.406 e. The van der Waals surface area contributed by atoms with Crippen LogP contribution in [0.4, 0.5) is 13.2 Å². The van der Waals surface area contributed by atoms with E-state index in [1.807, 2.05) is 13.8 Å². The zero-order valence-electron chi connectivity index (χ0n) is 11.6. The van der Waals surface area contributed by atoms with Crippen LogP contribution >= 0.6 is 0 Å². The molecule has 0 radical (unpaired) electrons. The maximum atomic E-state index is 12.7. The number of carbonyl (C=O) groups excluding carboxylic acids is 1. The van der Waals surface area contributed by atoms with Crippen LogP contribution in [0.25, 0.3) is 0 Å². The van der Waals surface area contributed by atoms with Gasteiger partial charge in [-0.3, -0.25) is 4.79 Å². The summed E-state index contributed by atoms with van der Waals surface area (Å²) >= 11 is 0. The summed E-state index contributed by atoms with van der Waals surface area (Å²) in [6.07, 6.45) is -1.95. The average molecular weight is 280 g/mol. The van der Waals surface area contributed by atoms with E-state index in [1.54, 1.807) is 0 Å². The fourth-order valence-corrected chi connectivity index (χ4v) is 2.61. The first kappa shape index (κ1) is 16.3. The molecule has 1 rings (SSSR count). The summed E-state index contributed by atoms with van der Waals surface area (Å²) in [7, 11) is 0. The average Bonchev–Trinajstić information content (AvgIpc) is 2.38. The van der Waals surface area contributed by atoms with Gasteiger partial charge in [0.2, 0.25) is 5.91 Å². The number of halogens is 3. The highest BCUT2D eigenvalue weighted by Crippen LogP contribution is 2.24. The standard InChI is InChI=1S/C13H23F3N2O/c1-3-11(4-2)18(9-13(14,15)16)12(19)10-5-7-17-8-6-10/h10-11,17H,3-9H2,1-2H3. The monoisotopic (exact) mass is 280 g/mol. The number of amides is 1. The molecule has 112 valence electrons. The molecule has 0 aromatic rings. The molecule has 19 heavy (non-hydrogen) atoms. The molecule has 0 aliphatic carbocycles. The Labute approximate surface area is 112 Å². The normalized spacial score (nSPS) is 17.8. The fraction of sp³-hybridized carbons (Fsp3) is 0.923. The Bertz CT molecular complexity index is 284. The van der Waals surface area contributed by atoms with Gasteiger partial charge >= 0.3 is 6.18 Å². The Kier molecular flexibility index (Phi) is 6.10. The Balaban J connectivity index is 2.78. The van der Waals surface area contributed by atoms with Crippen molar-refractivity contribution < 1.29 is 18.0 Å². The molecule has 0 bridgehead atoms. The van der Waals surface area contributed by atoms with Crippen LogP contribution in [0.5, 0.6) is 0 Å². The predicted molar refractivity (Wildman–Crippen MR) is 67.7 cm³/mol. The lowest BCUT2D eigenvalue weighted by Crippen LogP contribution is -2.49. The largest absolute Gasteiger partial charge is 0.406 e. The topological polar surface area (TPSA) is 32.3 Å². The summed E-state index contributed by atoms with van der Waals surface area (Å²) in [5, 5.41) is 3.12. The van der Waals surface area contributed by atoms with E-state index in [0.29, 0.717) is 38.8 Å². The van der Waals surface area contributed by atoms with Crippen LogP contribution in [0.1, 0.15) is 39.5 Å². The third-order valence-electron chi connectivity index (χ3n) is 3.70. The van der Waals surface area contributed by atoms with E-state index in [1.165, 1.54) is 0 Å². The second-order valence-electron chi connectivity index (χ2n) is 5.08. The first-order chi connectivity index (χ1) is 8.89. The molecule has 0 spiro atoms. The second-order valence-corrected chi connectivity index (χ2v) is 5.08. The zero-order valence-corrected chi connectivity index (χ0v) is 11.6. The molecule has 6 heteroatoms. The van der Waals surface area contributed by atoms with E-state index in [0.717, 1.165) is 4.90 Å². The molecule has 0 saturated carbocycles. The summed E-state index contributed by atoms with van der Waals surface area (Å²) < 4.78 is 38.0. The van der Waals surface area contributed by atoms with Crippen molar-refractivity contribution in [3.8, 4) is 0 Å². The SMILES string of the molecule is CCC(CC)N(CC(F)(F)F)C(=O)C1CCNCC1. The molecule has 1 saturated heterocycles. The van der Waals surface area contributed by atoms with Crippen LogP contribution in [0, 0.1) is 5.92 Å². The van der Waals surface area contributed by atoms with E-state index in [9.17, 15) is 18.0 Å². The Morgan fingerprint density at radius 1 is 1.26 bits per heavy atom. The summed E-state index contributed by atoms with van der Waals surface area (Å²) in [5.74, 6) is -0.586. The van der Waals surface area contributed by atoms with E-state index in [-0.39, 0.29) is 17.9 Å². The third kappa shape index (κ3) is 5.01.